The number of carbonyl (C=O) groups is 1. The Balaban J connectivity index is 2.42. The maximum atomic E-state index is 11.2. The molecule has 0 aliphatic heterocycles. The van der Waals surface area contributed by atoms with Gasteiger partial charge in [0.05, 0.1) is 6.61 Å². The standard InChI is InChI=1S/C16H24O2/c1-4-13(3)12-15-8-6-14(7-9-15)10-11-16(17)18-5-2/h6-9,13H,4-5,10-12H2,1-3H3. The number of hydrogen-bond donors (Lipinski definition) is 0. The van der Waals surface area contributed by atoms with Crippen LogP contribution in [0.2, 0.25) is 0 Å². The minimum Gasteiger partial charge on any atom is -0.466 e. The van der Waals surface area contributed by atoms with Crippen LogP contribution in [0.15, 0.2) is 24.3 Å². The Labute approximate surface area is 110 Å². The van der Waals surface area contributed by atoms with E-state index in [1.807, 2.05) is 6.92 Å². The monoisotopic (exact) mass is 248 g/mol. The predicted octanol–water partition coefficient (Wildman–Crippen LogP) is 3.77. The second-order valence-corrected chi connectivity index (χ2v) is 4.84. The highest BCUT2D eigenvalue weighted by atomic mass is 16.5. The van der Waals surface area contributed by atoms with E-state index in [0.717, 1.165) is 18.8 Å². The van der Waals surface area contributed by atoms with Crippen molar-refractivity contribution >= 4 is 5.97 Å². The van der Waals surface area contributed by atoms with Crippen molar-refractivity contribution in [3.8, 4) is 0 Å². The van der Waals surface area contributed by atoms with Crippen LogP contribution in [0.3, 0.4) is 0 Å². The van der Waals surface area contributed by atoms with E-state index in [1.54, 1.807) is 0 Å². The Hall–Kier alpha value is -1.31. The minimum atomic E-state index is -0.110. The molecular weight excluding hydrogens is 224 g/mol. The van der Waals surface area contributed by atoms with Crippen LogP contribution < -0.4 is 0 Å². The van der Waals surface area contributed by atoms with Crippen molar-refractivity contribution in [3.05, 3.63) is 35.4 Å². The molecule has 2 nitrogen and oxygen atoms in total. The number of esters is 1. The highest BCUT2D eigenvalue weighted by Crippen LogP contribution is 2.13. The van der Waals surface area contributed by atoms with Gasteiger partial charge < -0.3 is 4.74 Å². The summed E-state index contributed by atoms with van der Waals surface area (Å²) in [5.41, 5.74) is 2.58. The van der Waals surface area contributed by atoms with Crippen LogP contribution in [0.25, 0.3) is 0 Å². The Morgan fingerprint density at radius 2 is 1.78 bits per heavy atom. The quantitative estimate of drug-likeness (QED) is 0.687. The van der Waals surface area contributed by atoms with Crippen LogP contribution in [0, 0.1) is 5.92 Å². The highest BCUT2D eigenvalue weighted by molar-refractivity contribution is 5.69. The zero-order chi connectivity index (χ0) is 13.4. The molecular formula is C16H24O2. The van der Waals surface area contributed by atoms with E-state index in [-0.39, 0.29) is 5.97 Å². The first-order chi connectivity index (χ1) is 8.65. The third-order valence-electron chi connectivity index (χ3n) is 3.23. The third kappa shape index (κ3) is 5.35. The smallest absolute Gasteiger partial charge is 0.306 e. The predicted molar refractivity (Wildman–Crippen MR) is 74.6 cm³/mol. The molecule has 0 N–H and O–H groups in total. The molecule has 0 radical (unpaired) electrons. The lowest BCUT2D eigenvalue weighted by Gasteiger charge is -2.09. The molecule has 1 aromatic rings. The first-order valence-electron chi connectivity index (χ1n) is 6.89. The van der Waals surface area contributed by atoms with Crippen molar-refractivity contribution in [2.45, 2.75) is 46.5 Å². The summed E-state index contributed by atoms with van der Waals surface area (Å²) in [6, 6.07) is 8.59. The summed E-state index contributed by atoms with van der Waals surface area (Å²) >= 11 is 0. The summed E-state index contributed by atoms with van der Waals surface area (Å²) in [6.45, 7) is 6.79. The molecule has 0 aliphatic carbocycles. The molecule has 1 unspecified atom stereocenters. The van der Waals surface area contributed by atoms with E-state index in [2.05, 4.69) is 38.1 Å². The second-order valence-electron chi connectivity index (χ2n) is 4.84. The van der Waals surface area contributed by atoms with Crippen molar-refractivity contribution in [2.75, 3.05) is 6.61 Å². The minimum absolute atomic E-state index is 0.110. The molecule has 0 fully saturated rings. The summed E-state index contributed by atoms with van der Waals surface area (Å²) in [5, 5.41) is 0. The molecule has 0 saturated carbocycles. The van der Waals surface area contributed by atoms with Crippen LogP contribution in [0.5, 0.6) is 0 Å². The Kier molecular flexibility index (Phi) is 6.48. The normalized spacial score (nSPS) is 12.2. The fraction of sp³-hybridized carbons (Fsp3) is 0.562. The molecule has 0 spiro atoms. The van der Waals surface area contributed by atoms with E-state index >= 15 is 0 Å². The molecule has 1 rings (SSSR count). The maximum absolute atomic E-state index is 11.2. The van der Waals surface area contributed by atoms with Gasteiger partial charge in [-0.25, -0.2) is 0 Å². The van der Waals surface area contributed by atoms with Crippen LogP contribution in [0.4, 0.5) is 0 Å². The first-order valence-corrected chi connectivity index (χ1v) is 6.89. The van der Waals surface area contributed by atoms with Crippen LogP contribution in [0.1, 0.15) is 44.7 Å². The highest BCUT2D eigenvalue weighted by Gasteiger charge is 2.04. The molecule has 0 aromatic heterocycles. The van der Waals surface area contributed by atoms with Crippen LogP contribution in [-0.2, 0) is 22.4 Å². The fourth-order valence-electron chi connectivity index (χ4n) is 1.87. The number of rotatable bonds is 7. The lowest BCUT2D eigenvalue weighted by atomic mass is 9.97. The van der Waals surface area contributed by atoms with E-state index < -0.39 is 0 Å². The number of aryl methyl sites for hydroxylation is 1. The maximum Gasteiger partial charge on any atom is 0.306 e. The number of hydrogen-bond acceptors (Lipinski definition) is 2. The van der Waals surface area contributed by atoms with Gasteiger partial charge in [0.2, 0.25) is 0 Å². The van der Waals surface area contributed by atoms with Gasteiger partial charge in [0.1, 0.15) is 0 Å². The van der Waals surface area contributed by atoms with Crippen LogP contribution in [-0.4, -0.2) is 12.6 Å². The van der Waals surface area contributed by atoms with Gasteiger partial charge in [0.15, 0.2) is 0 Å². The van der Waals surface area contributed by atoms with E-state index in [1.165, 1.54) is 17.5 Å². The summed E-state index contributed by atoms with van der Waals surface area (Å²) < 4.78 is 4.92. The molecule has 1 aromatic carbocycles. The van der Waals surface area contributed by atoms with Gasteiger partial charge in [-0.3, -0.25) is 4.79 Å². The van der Waals surface area contributed by atoms with Gasteiger partial charge in [-0.2, -0.15) is 0 Å². The molecule has 0 heterocycles. The van der Waals surface area contributed by atoms with E-state index in [0.29, 0.717) is 13.0 Å². The van der Waals surface area contributed by atoms with Gasteiger partial charge in [0, 0.05) is 6.42 Å². The zero-order valence-corrected chi connectivity index (χ0v) is 11.7. The largest absolute Gasteiger partial charge is 0.466 e. The zero-order valence-electron chi connectivity index (χ0n) is 11.7. The lowest BCUT2D eigenvalue weighted by Crippen LogP contribution is -2.05. The number of ether oxygens (including phenoxy) is 1. The van der Waals surface area contributed by atoms with Crippen molar-refractivity contribution < 1.29 is 9.53 Å². The average Bonchev–Trinajstić information content (AvgIpc) is 2.38. The summed E-state index contributed by atoms with van der Waals surface area (Å²) in [4.78, 5) is 11.2. The first kappa shape index (κ1) is 14.7. The SMILES string of the molecule is CCOC(=O)CCc1ccc(CC(C)CC)cc1. The summed E-state index contributed by atoms with van der Waals surface area (Å²) in [7, 11) is 0. The molecule has 18 heavy (non-hydrogen) atoms. The fourth-order valence-corrected chi connectivity index (χ4v) is 1.87. The summed E-state index contributed by atoms with van der Waals surface area (Å²) in [5.74, 6) is 0.622. The molecule has 0 aliphatic rings. The van der Waals surface area contributed by atoms with E-state index in [9.17, 15) is 4.79 Å². The Bertz CT molecular complexity index is 354. The Morgan fingerprint density at radius 3 is 2.33 bits per heavy atom. The topological polar surface area (TPSA) is 26.3 Å². The van der Waals surface area contributed by atoms with Gasteiger partial charge in [-0.15, -0.1) is 0 Å². The van der Waals surface area contributed by atoms with Gasteiger partial charge in [0.25, 0.3) is 0 Å². The van der Waals surface area contributed by atoms with E-state index in [4.69, 9.17) is 4.74 Å². The second kappa shape index (κ2) is 7.91. The number of carbonyl (C=O) groups excluding carboxylic acids is 1. The van der Waals surface area contributed by atoms with Crippen molar-refractivity contribution in [1.82, 2.24) is 0 Å². The molecule has 0 amide bonds. The average molecular weight is 248 g/mol. The summed E-state index contributed by atoms with van der Waals surface area (Å²) in [6.07, 6.45) is 3.58. The van der Waals surface area contributed by atoms with Crippen molar-refractivity contribution in [1.29, 1.82) is 0 Å². The van der Waals surface area contributed by atoms with Gasteiger partial charge in [-0.1, -0.05) is 44.5 Å². The lowest BCUT2D eigenvalue weighted by molar-refractivity contribution is -0.143. The molecule has 2 heteroatoms. The van der Waals surface area contributed by atoms with Gasteiger partial charge >= 0.3 is 5.97 Å². The molecule has 0 bridgehead atoms. The van der Waals surface area contributed by atoms with Crippen molar-refractivity contribution in [2.24, 2.45) is 5.92 Å². The van der Waals surface area contributed by atoms with Gasteiger partial charge in [-0.05, 0) is 36.8 Å². The van der Waals surface area contributed by atoms with Crippen LogP contribution >= 0.6 is 0 Å². The van der Waals surface area contributed by atoms with Crippen molar-refractivity contribution in [3.63, 3.8) is 0 Å². The Morgan fingerprint density at radius 1 is 1.17 bits per heavy atom. The molecule has 100 valence electrons. The third-order valence-corrected chi connectivity index (χ3v) is 3.23. The number of benzene rings is 1. The molecule has 0 saturated heterocycles. The molecule has 1 atom stereocenters.